The summed E-state index contributed by atoms with van der Waals surface area (Å²) >= 11 is 0. The van der Waals surface area contributed by atoms with Crippen LogP contribution in [0.15, 0.2) is 0 Å². The summed E-state index contributed by atoms with van der Waals surface area (Å²) in [5.41, 5.74) is 0. The Labute approximate surface area is 67.2 Å². The van der Waals surface area contributed by atoms with E-state index in [0.717, 1.165) is 0 Å². The van der Waals surface area contributed by atoms with Crippen molar-refractivity contribution in [2.45, 2.75) is 13.0 Å². The molecule has 2 N–H and O–H groups in total. The molecule has 3 heteroatoms. The Morgan fingerprint density at radius 2 is 1.83 bits per heavy atom. The summed E-state index contributed by atoms with van der Waals surface area (Å²) in [4.78, 5) is 0. The molecule has 1 unspecified atom stereocenters. The fourth-order valence-electron chi connectivity index (χ4n) is 0. The summed E-state index contributed by atoms with van der Waals surface area (Å²) in [6.45, 7) is 1.39. The van der Waals surface area contributed by atoms with Crippen LogP contribution in [0.4, 0.5) is 0 Å². The van der Waals surface area contributed by atoms with Crippen molar-refractivity contribution in [2.24, 2.45) is 0 Å². The van der Waals surface area contributed by atoms with Crippen LogP contribution in [0.3, 0.4) is 0 Å². The van der Waals surface area contributed by atoms with Gasteiger partial charge in [-0.05, 0) is 6.92 Å². The maximum absolute atomic E-state index is 8.11. The molecule has 1 atom stereocenters. The molecular formula is C3H10CaO2. The number of rotatable bonds is 1. The first-order chi connectivity index (χ1) is 2.27. The molecule has 0 rings (SSSR count). The predicted octanol–water partition coefficient (Wildman–Crippen LogP) is -1.56. The van der Waals surface area contributed by atoms with E-state index in [1.165, 1.54) is 6.92 Å². The minimum atomic E-state index is -0.560. The van der Waals surface area contributed by atoms with E-state index in [1.807, 2.05) is 0 Å². The van der Waals surface area contributed by atoms with E-state index < -0.39 is 6.10 Å². The van der Waals surface area contributed by atoms with Gasteiger partial charge >= 0.3 is 37.7 Å². The fourth-order valence-corrected chi connectivity index (χ4v) is 0. The van der Waals surface area contributed by atoms with Gasteiger partial charge in [-0.3, -0.25) is 0 Å². The van der Waals surface area contributed by atoms with Gasteiger partial charge in [0.25, 0.3) is 0 Å². The first kappa shape index (κ1) is 10.2. The molecular weight excluding hydrogens is 108 g/mol. The monoisotopic (exact) mass is 118 g/mol. The second kappa shape index (κ2) is 6.18. The molecule has 0 aromatic heterocycles. The third kappa shape index (κ3) is 8.95. The van der Waals surface area contributed by atoms with Crippen LogP contribution in [0.1, 0.15) is 6.92 Å². The molecule has 0 aliphatic rings. The molecule has 2 nitrogen and oxygen atoms in total. The topological polar surface area (TPSA) is 40.5 Å². The van der Waals surface area contributed by atoms with Crippen molar-refractivity contribution >= 4 is 37.7 Å². The third-order valence-electron chi connectivity index (χ3n) is 0.264. The molecule has 0 saturated carbocycles. The molecule has 0 spiro atoms. The van der Waals surface area contributed by atoms with E-state index in [0.29, 0.717) is 0 Å². The van der Waals surface area contributed by atoms with Gasteiger partial charge in [-0.25, -0.2) is 0 Å². The molecule has 0 fully saturated rings. The van der Waals surface area contributed by atoms with E-state index in [-0.39, 0.29) is 44.3 Å². The standard InChI is InChI=1S/C3H8O2.Ca.2H/c1-3(5)2-4;;;/h3-5H,2H2,1H3;;;. The maximum atomic E-state index is 8.11. The summed E-state index contributed by atoms with van der Waals surface area (Å²) in [7, 11) is 0. The molecule has 0 aromatic carbocycles. The van der Waals surface area contributed by atoms with Crippen LogP contribution in [0.5, 0.6) is 0 Å². The van der Waals surface area contributed by atoms with E-state index in [4.69, 9.17) is 10.2 Å². The van der Waals surface area contributed by atoms with Gasteiger partial charge in [0.1, 0.15) is 0 Å². The van der Waals surface area contributed by atoms with Crippen molar-refractivity contribution in [3.05, 3.63) is 0 Å². The van der Waals surface area contributed by atoms with Crippen molar-refractivity contribution < 1.29 is 10.2 Å². The Hall–Kier alpha value is 1.18. The molecule has 6 heavy (non-hydrogen) atoms. The molecule has 0 aliphatic heterocycles. The Kier molecular flexibility index (Phi) is 10.5. The van der Waals surface area contributed by atoms with Crippen molar-refractivity contribution in [3.63, 3.8) is 0 Å². The van der Waals surface area contributed by atoms with Gasteiger partial charge in [0.05, 0.1) is 12.7 Å². The SMILES string of the molecule is CC(O)CO.[CaH2]. The van der Waals surface area contributed by atoms with Crippen molar-refractivity contribution in [1.82, 2.24) is 0 Å². The Balaban J connectivity index is 0. The summed E-state index contributed by atoms with van der Waals surface area (Å²) in [6.07, 6.45) is -0.560. The van der Waals surface area contributed by atoms with Crippen molar-refractivity contribution in [2.75, 3.05) is 6.61 Å². The zero-order valence-electron chi connectivity index (χ0n) is 3.18. The average Bonchev–Trinajstić information content (AvgIpc) is 1.38. The quantitative estimate of drug-likeness (QED) is 0.409. The predicted molar refractivity (Wildman–Crippen MR) is 27.3 cm³/mol. The number of hydrogen-bond donors (Lipinski definition) is 2. The molecule has 0 radical (unpaired) electrons. The number of hydrogen-bond acceptors (Lipinski definition) is 2. The van der Waals surface area contributed by atoms with Gasteiger partial charge in [0.15, 0.2) is 0 Å². The van der Waals surface area contributed by atoms with Crippen LogP contribution < -0.4 is 0 Å². The second-order valence-corrected chi connectivity index (χ2v) is 1.03. The van der Waals surface area contributed by atoms with Crippen LogP contribution in [0.2, 0.25) is 0 Å². The van der Waals surface area contributed by atoms with E-state index in [1.54, 1.807) is 0 Å². The Morgan fingerprint density at radius 1 is 1.67 bits per heavy atom. The first-order valence-corrected chi connectivity index (χ1v) is 1.56. The molecule has 0 amide bonds. The van der Waals surface area contributed by atoms with Gasteiger partial charge in [0, 0.05) is 0 Å². The molecule has 36 valence electrons. The average molecular weight is 118 g/mol. The molecule has 0 heterocycles. The van der Waals surface area contributed by atoms with Crippen molar-refractivity contribution in [1.29, 1.82) is 0 Å². The normalized spacial score (nSPS) is 12.5. The second-order valence-electron chi connectivity index (χ2n) is 1.03. The molecule has 0 aliphatic carbocycles. The van der Waals surface area contributed by atoms with E-state index in [9.17, 15) is 0 Å². The summed E-state index contributed by atoms with van der Waals surface area (Å²) in [5.74, 6) is 0. The zero-order chi connectivity index (χ0) is 4.28. The Morgan fingerprint density at radius 3 is 1.83 bits per heavy atom. The minimum absolute atomic E-state index is 0. The molecule has 0 aromatic rings. The van der Waals surface area contributed by atoms with Crippen LogP contribution >= 0.6 is 0 Å². The number of aliphatic hydroxyl groups excluding tert-OH is 2. The van der Waals surface area contributed by atoms with Crippen LogP contribution in [-0.2, 0) is 0 Å². The van der Waals surface area contributed by atoms with E-state index >= 15 is 0 Å². The van der Waals surface area contributed by atoms with Gasteiger partial charge in [-0.2, -0.15) is 0 Å². The zero-order valence-corrected chi connectivity index (χ0v) is 3.18. The van der Waals surface area contributed by atoms with Crippen LogP contribution in [0, 0.1) is 0 Å². The number of aliphatic hydroxyl groups is 2. The fraction of sp³-hybridized carbons (Fsp3) is 1.00. The summed E-state index contributed by atoms with van der Waals surface area (Å²) in [6, 6.07) is 0. The van der Waals surface area contributed by atoms with Gasteiger partial charge in [0.2, 0.25) is 0 Å². The van der Waals surface area contributed by atoms with E-state index in [2.05, 4.69) is 0 Å². The van der Waals surface area contributed by atoms with Gasteiger partial charge < -0.3 is 10.2 Å². The summed E-state index contributed by atoms with van der Waals surface area (Å²) < 4.78 is 0. The molecule has 0 bridgehead atoms. The third-order valence-corrected chi connectivity index (χ3v) is 0.264. The van der Waals surface area contributed by atoms with Crippen LogP contribution in [-0.4, -0.2) is 60.7 Å². The first-order valence-electron chi connectivity index (χ1n) is 1.56. The summed E-state index contributed by atoms with van der Waals surface area (Å²) in [5, 5.41) is 16.0. The molecule has 0 saturated heterocycles. The van der Waals surface area contributed by atoms with Crippen LogP contribution in [0.25, 0.3) is 0 Å². The van der Waals surface area contributed by atoms with Crippen molar-refractivity contribution in [3.8, 4) is 0 Å². The Bertz CT molecular complexity index is 22.8. The van der Waals surface area contributed by atoms with Gasteiger partial charge in [-0.15, -0.1) is 0 Å². The van der Waals surface area contributed by atoms with Gasteiger partial charge in [-0.1, -0.05) is 0 Å².